The fourth-order valence-electron chi connectivity index (χ4n) is 1.19. The van der Waals surface area contributed by atoms with Crippen molar-refractivity contribution in [3.8, 4) is 0 Å². The third-order valence-corrected chi connectivity index (χ3v) is 6.17. The Morgan fingerprint density at radius 2 is 0.565 bits per heavy atom. The van der Waals surface area contributed by atoms with Crippen LogP contribution in [-0.4, -0.2) is 41.5 Å². The lowest BCUT2D eigenvalue weighted by Gasteiger charge is -2.34. The molecule has 0 fully saturated rings. The first-order valence-electron chi connectivity index (χ1n) is 8.04. The lowest BCUT2D eigenvalue weighted by Crippen LogP contribution is -2.49. The Kier molecular flexibility index (Phi) is 8.16. The molecule has 7 heteroatoms. The van der Waals surface area contributed by atoms with Gasteiger partial charge in [0.25, 0.3) is 0 Å². The standard InChI is InChI=1S/C16H36O5Si2/c1-13(2,3)17-22(18-14(4,5)6)21-23(19-15(7,8)9)20-16(10,11)12/h1-12H3. The van der Waals surface area contributed by atoms with Gasteiger partial charge in [-0.15, -0.1) is 0 Å². The molecule has 0 unspecified atom stereocenters. The molecule has 0 spiro atoms. The van der Waals surface area contributed by atoms with Crippen molar-refractivity contribution in [2.45, 2.75) is 105 Å². The first kappa shape index (κ1) is 23.2. The summed E-state index contributed by atoms with van der Waals surface area (Å²) in [4.78, 5) is 0. The van der Waals surface area contributed by atoms with Crippen LogP contribution in [0.1, 0.15) is 83.1 Å². The molecule has 0 aromatic rings. The summed E-state index contributed by atoms with van der Waals surface area (Å²) in [6, 6.07) is 0. The van der Waals surface area contributed by atoms with Crippen LogP contribution in [0.2, 0.25) is 0 Å². The molecule has 0 aliphatic heterocycles. The second-order valence-electron chi connectivity index (χ2n) is 9.46. The van der Waals surface area contributed by atoms with E-state index >= 15 is 0 Å². The Morgan fingerprint density at radius 1 is 0.391 bits per heavy atom. The average molecular weight is 365 g/mol. The highest BCUT2D eigenvalue weighted by Crippen LogP contribution is 2.21. The van der Waals surface area contributed by atoms with E-state index < -0.39 is 19.1 Å². The predicted molar refractivity (Wildman–Crippen MR) is 95.9 cm³/mol. The maximum atomic E-state index is 6.07. The van der Waals surface area contributed by atoms with Crippen molar-refractivity contribution in [2.24, 2.45) is 0 Å². The SMILES string of the molecule is CC(C)(C)O[Si](O[Si](OC(C)(C)C)OC(C)(C)C)OC(C)(C)C. The molecule has 138 valence electrons. The molecule has 0 rings (SSSR count). The third-order valence-electron chi connectivity index (χ3n) is 1.72. The van der Waals surface area contributed by atoms with Gasteiger partial charge in [-0.1, -0.05) is 0 Å². The van der Waals surface area contributed by atoms with Gasteiger partial charge < -0.3 is 21.8 Å². The maximum Gasteiger partial charge on any atom is 0.570 e. The largest absolute Gasteiger partial charge is 0.570 e. The normalized spacial score (nSPS) is 14.9. The predicted octanol–water partition coefficient (Wildman–Crippen LogP) is 4.23. The van der Waals surface area contributed by atoms with Crippen LogP contribution in [0, 0.1) is 0 Å². The fraction of sp³-hybridized carbons (Fsp3) is 1.00. The topological polar surface area (TPSA) is 46.2 Å². The highest BCUT2D eigenvalue weighted by Gasteiger charge is 2.40. The molecule has 0 aliphatic rings. The van der Waals surface area contributed by atoms with Crippen LogP contribution in [0.25, 0.3) is 0 Å². The Balaban J connectivity index is 5.15. The molecular formula is C16H36O5Si2. The Bertz CT molecular complexity index is 281. The van der Waals surface area contributed by atoms with Crippen LogP contribution in [0.15, 0.2) is 0 Å². The highest BCUT2D eigenvalue weighted by atomic mass is 28.4. The van der Waals surface area contributed by atoms with Gasteiger partial charge in [-0.3, -0.25) is 0 Å². The van der Waals surface area contributed by atoms with Crippen molar-refractivity contribution >= 4 is 19.1 Å². The van der Waals surface area contributed by atoms with Crippen molar-refractivity contribution in [1.82, 2.24) is 0 Å². The lowest BCUT2D eigenvalue weighted by atomic mass is 10.2. The summed E-state index contributed by atoms with van der Waals surface area (Å²) in [5.41, 5.74) is -1.46. The van der Waals surface area contributed by atoms with E-state index in [1.54, 1.807) is 0 Å². The zero-order valence-corrected chi connectivity index (χ0v) is 19.0. The van der Waals surface area contributed by atoms with E-state index in [0.717, 1.165) is 0 Å². The quantitative estimate of drug-likeness (QED) is 0.660. The van der Waals surface area contributed by atoms with Gasteiger partial charge in [0.05, 0.1) is 22.4 Å². The van der Waals surface area contributed by atoms with Gasteiger partial charge in [0, 0.05) is 0 Å². The highest BCUT2D eigenvalue weighted by molar-refractivity contribution is 6.52. The Hall–Kier alpha value is 0.234. The minimum atomic E-state index is -2.01. The molecule has 0 N–H and O–H groups in total. The van der Waals surface area contributed by atoms with Gasteiger partial charge in [0.15, 0.2) is 0 Å². The van der Waals surface area contributed by atoms with Crippen LogP contribution < -0.4 is 0 Å². The number of hydrogen-bond acceptors (Lipinski definition) is 5. The van der Waals surface area contributed by atoms with E-state index in [1.165, 1.54) is 0 Å². The van der Waals surface area contributed by atoms with Crippen molar-refractivity contribution < 1.29 is 21.8 Å². The van der Waals surface area contributed by atoms with E-state index in [1.807, 2.05) is 83.1 Å². The van der Waals surface area contributed by atoms with Crippen molar-refractivity contribution in [3.05, 3.63) is 0 Å². The van der Waals surface area contributed by atoms with Gasteiger partial charge in [-0.25, -0.2) is 0 Å². The van der Waals surface area contributed by atoms with Crippen LogP contribution in [0.3, 0.4) is 0 Å². The van der Waals surface area contributed by atoms with Crippen LogP contribution in [0.5, 0.6) is 0 Å². The summed E-state index contributed by atoms with van der Waals surface area (Å²) in [5.74, 6) is 0. The smallest absolute Gasteiger partial charge is 0.367 e. The Labute approximate surface area is 146 Å². The monoisotopic (exact) mass is 364 g/mol. The second-order valence-corrected chi connectivity index (χ2v) is 12.1. The van der Waals surface area contributed by atoms with E-state index in [-0.39, 0.29) is 22.4 Å². The molecular weight excluding hydrogens is 328 g/mol. The summed E-state index contributed by atoms with van der Waals surface area (Å²) < 4.78 is 30.1. The molecule has 0 aromatic carbocycles. The summed E-state index contributed by atoms with van der Waals surface area (Å²) in [7, 11) is -4.01. The molecule has 5 nitrogen and oxygen atoms in total. The van der Waals surface area contributed by atoms with Gasteiger partial charge >= 0.3 is 19.1 Å². The summed E-state index contributed by atoms with van der Waals surface area (Å²) >= 11 is 0. The van der Waals surface area contributed by atoms with Crippen LogP contribution in [-0.2, 0) is 21.8 Å². The van der Waals surface area contributed by atoms with Gasteiger partial charge in [-0.05, 0) is 83.1 Å². The molecule has 0 atom stereocenters. The van der Waals surface area contributed by atoms with Gasteiger partial charge in [0.1, 0.15) is 0 Å². The average Bonchev–Trinajstić information content (AvgIpc) is 2.03. The molecule has 0 aromatic heterocycles. The molecule has 0 amide bonds. The third kappa shape index (κ3) is 15.5. The van der Waals surface area contributed by atoms with Gasteiger partial charge in [0.2, 0.25) is 0 Å². The van der Waals surface area contributed by atoms with Crippen LogP contribution >= 0.6 is 0 Å². The minimum absolute atomic E-state index is 0.365. The summed E-state index contributed by atoms with van der Waals surface area (Å²) in [5, 5.41) is 0. The van der Waals surface area contributed by atoms with E-state index in [4.69, 9.17) is 21.8 Å². The zero-order valence-electron chi connectivity index (χ0n) is 17.0. The number of rotatable bonds is 6. The van der Waals surface area contributed by atoms with E-state index in [2.05, 4.69) is 0 Å². The maximum absolute atomic E-state index is 6.07. The molecule has 0 aliphatic carbocycles. The second kappa shape index (κ2) is 8.08. The summed E-state index contributed by atoms with van der Waals surface area (Å²) in [6.45, 7) is 23.8. The van der Waals surface area contributed by atoms with Crippen molar-refractivity contribution in [2.75, 3.05) is 0 Å². The number of hydrogen-bond donors (Lipinski definition) is 0. The molecule has 0 saturated carbocycles. The molecule has 0 saturated heterocycles. The fourth-order valence-corrected chi connectivity index (χ4v) is 4.49. The lowest BCUT2D eigenvalue weighted by molar-refractivity contribution is -0.0374. The molecule has 23 heavy (non-hydrogen) atoms. The molecule has 2 radical (unpaired) electrons. The molecule has 0 heterocycles. The summed E-state index contributed by atoms with van der Waals surface area (Å²) in [6.07, 6.45) is 0. The minimum Gasteiger partial charge on any atom is -0.367 e. The molecule has 0 bridgehead atoms. The van der Waals surface area contributed by atoms with E-state index in [9.17, 15) is 0 Å². The van der Waals surface area contributed by atoms with Crippen molar-refractivity contribution in [1.29, 1.82) is 0 Å². The Morgan fingerprint density at radius 3 is 0.696 bits per heavy atom. The first-order valence-corrected chi connectivity index (χ1v) is 10.5. The zero-order chi connectivity index (χ0) is 18.7. The van der Waals surface area contributed by atoms with Crippen LogP contribution in [0.4, 0.5) is 0 Å². The van der Waals surface area contributed by atoms with Crippen molar-refractivity contribution in [3.63, 3.8) is 0 Å². The first-order chi connectivity index (χ1) is 9.86. The van der Waals surface area contributed by atoms with E-state index in [0.29, 0.717) is 0 Å². The van der Waals surface area contributed by atoms with Gasteiger partial charge in [-0.2, -0.15) is 0 Å².